The monoisotopic (exact) mass is 506 g/mol. The van der Waals surface area contributed by atoms with Crippen molar-refractivity contribution in [3.05, 3.63) is 105 Å². The van der Waals surface area contributed by atoms with Gasteiger partial charge < -0.3 is 14.4 Å². The number of aromatic nitrogens is 3. The molecule has 0 radical (unpaired) electrons. The van der Waals surface area contributed by atoms with E-state index in [0.29, 0.717) is 21.9 Å². The maximum absolute atomic E-state index is 13.3. The van der Waals surface area contributed by atoms with Crippen molar-refractivity contribution in [2.45, 2.75) is 26.4 Å². The minimum Gasteiger partial charge on any atom is -0.505 e. The number of aliphatic hydroxyl groups excluding tert-OH is 1. The van der Waals surface area contributed by atoms with E-state index in [4.69, 9.17) is 23.2 Å². The predicted molar refractivity (Wildman–Crippen MR) is 133 cm³/mol. The fraction of sp³-hybridized carbons (Fsp3) is 0.154. The van der Waals surface area contributed by atoms with Crippen LogP contribution in [0.25, 0.3) is 11.4 Å². The summed E-state index contributed by atoms with van der Waals surface area (Å²) in [5.41, 5.74) is 3.67. The number of carbonyl (C=O) groups excluding carboxylic acids is 2. The van der Waals surface area contributed by atoms with Gasteiger partial charge in [0.15, 0.2) is 5.76 Å². The molecule has 0 bridgehead atoms. The lowest BCUT2D eigenvalue weighted by atomic mass is 9.96. The van der Waals surface area contributed by atoms with Crippen molar-refractivity contribution in [1.29, 1.82) is 0 Å². The van der Waals surface area contributed by atoms with Crippen LogP contribution in [0.4, 0.5) is 0 Å². The molecule has 1 amide bonds. The number of fused-ring (bicyclic) bond motifs is 1. The van der Waals surface area contributed by atoms with Crippen LogP contribution < -0.4 is 0 Å². The van der Waals surface area contributed by atoms with Crippen LogP contribution in [0.1, 0.15) is 34.1 Å². The Balaban J connectivity index is 1.72. The number of benzene rings is 1. The molecular weight excluding hydrogens is 487 g/mol. The minimum atomic E-state index is -0.893. The number of pyridine rings is 2. The van der Waals surface area contributed by atoms with E-state index in [-0.39, 0.29) is 28.6 Å². The SMILES string of the molecule is Cc1cccn2c(C)c(/C(O)=C3\C(=O)C(=O)N(Cc4cccnc4)C3c3ccc(Cl)c(Cl)c3)nc12. The first-order valence-corrected chi connectivity index (χ1v) is 11.6. The second-order valence-electron chi connectivity index (χ2n) is 8.39. The van der Waals surface area contributed by atoms with Gasteiger partial charge in [0.25, 0.3) is 11.7 Å². The number of imidazole rings is 1. The third-order valence-corrected chi connectivity index (χ3v) is 6.92. The highest BCUT2D eigenvalue weighted by Gasteiger charge is 2.46. The van der Waals surface area contributed by atoms with E-state index < -0.39 is 17.7 Å². The highest BCUT2D eigenvalue weighted by atomic mass is 35.5. The van der Waals surface area contributed by atoms with Gasteiger partial charge in [0.2, 0.25) is 0 Å². The summed E-state index contributed by atoms with van der Waals surface area (Å²) in [6.45, 7) is 3.83. The summed E-state index contributed by atoms with van der Waals surface area (Å²) in [6.07, 6.45) is 5.08. The lowest BCUT2D eigenvalue weighted by Crippen LogP contribution is -2.29. The number of carbonyl (C=O) groups is 2. The molecule has 35 heavy (non-hydrogen) atoms. The highest BCUT2D eigenvalue weighted by molar-refractivity contribution is 6.46. The van der Waals surface area contributed by atoms with Crippen LogP contribution in [0, 0.1) is 13.8 Å². The average Bonchev–Trinajstić information content (AvgIpc) is 3.31. The second-order valence-corrected chi connectivity index (χ2v) is 9.21. The van der Waals surface area contributed by atoms with Crippen molar-refractivity contribution in [2.24, 2.45) is 0 Å². The summed E-state index contributed by atoms with van der Waals surface area (Å²) in [4.78, 5) is 36.7. The lowest BCUT2D eigenvalue weighted by molar-refractivity contribution is -0.140. The van der Waals surface area contributed by atoms with Gasteiger partial charge in [-0.3, -0.25) is 14.6 Å². The number of ketones is 1. The van der Waals surface area contributed by atoms with Gasteiger partial charge in [-0.1, -0.05) is 41.4 Å². The van der Waals surface area contributed by atoms with E-state index in [0.717, 1.165) is 11.1 Å². The van der Waals surface area contributed by atoms with E-state index >= 15 is 0 Å². The molecule has 0 saturated carbocycles. The number of likely N-dealkylation sites (tertiary alicyclic amines) is 1. The third-order valence-electron chi connectivity index (χ3n) is 6.18. The Morgan fingerprint density at radius 1 is 1.09 bits per heavy atom. The van der Waals surface area contributed by atoms with Crippen molar-refractivity contribution >= 4 is 46.3 Å². The van der Waals surface area contributed by atoms with Crippen LogP contribution in [0.2, 0.25) is 10.0 Å². The first kappa shape index (κ1) is 23.1. The standard InChI is InChI=1S/C26H20Cl2N4O3/c1-14-5-4-10-31-15(2)21(30-25(14)31)23(33)20-22(17-7-8-18(27)19(28)11-17)32(26(35)24(20)34)13-16-6-3-9-29-12-16/h3-12,22,33H,13H2,1-2H3/b23-20+. The number of rotatable bonds is 4. The van der Waals surface area contributed by atoms with Crippen molar-refractivity contribution in [2.75, 3.05) is 0 Å². The topological polar surface area (TPSA) is 87.8 Å². The van der Waals surface area contributed by atoms with Crippen molar-refractivity contribution in [3.8, 4) is 0 Å². The van der Waals surface area contributed by atoms with Gasteiger partial charge in [0.1, 0.15) is 11.3 Å². The van der Waals surface area contributed by atoms with Gasteiger partial charge in [0, 0.05) is 25.1 Å². The molecule has 1 saturated heterocycles. The maximum atomic E-state index is 13.3. The van der Waals surface area contributed by atoms with Crippen LogP contribution in [0.15, 0.2) is 66.6 Å². The molecule has 4 heterocycles. The Morgan fingerprint density at radius 2 is 1.89 bits per heavy atom. The normalized spacial score (nSPS) is 17.5. The number of Topliss-reactive ketones (excluding diaryl/α,β-unsaturated/α-hetero) is 1. The summed E-state index contributed by atoms with van der Waals surface area (Å²) in [5, 5.41) is 12.1. The summed E-state index contributed by atoms with van der Waals surface area (Å²) in [7, 11) is 0. The molecule has 1 unspecified atom stereocenters. The molecule has 3 aromatic heterocycles. The first-order valence-electron chi connectivity index (χ1n) is 10.8. The molecule has 9 heteroatoms. The number of aliphatic hydroxyl groups is 1. The van der Waals surface area contributed by atoms with Crippen molar-refractivity contribution in [1.82, 2.24) is 19.3 Å². The van der Waals surface area contributed by atoms with E-state index in [2.05, 4.69) is 9.97 Å². The Hall–Kier alpha value is -3.68. The fourth-order valence-electron chi connectivity index (χ4n) is 4.43. The van der Waals surface area contributed by atoms with Crippen LogP contribution in [-0.4, -0.2) is 36.1 Å². The first-order chi connectivity index (χ1) is 16.8. The molecule has 176 valence electrons. The smallest absolute Gasteiger partial charge is 0.295 e. The Labute approximate surface area is 211 Å². The van der Waals surface area contributed by atoms with E-state index in [1.165, 1.54) is 4.90 Å². The van der Waals surface area contributed by atoms with Gasteiger partial charge in [-0.2, -0.15) is 0 Å². The Morgan fingerprint density at radius 3 is 2.57 bits per heavy atom. The van der Waals surface area contributed by atoms with Crippen molar-refractivity contribution in [3.63, 3.8) is 0 Å². The van der Waals surface area contributed by atoms with Gasteiger partial charge in [-0.15, -0.1) is 0 Å². The summed E-state index contributed by atoms with van der Waals surface area (Å²) >= 11 is 12.4. The average molecular weight is 507 g/mol. The molecule has 1 fully saturated rings. The van der Waals surface area contributed by atoms with Gasteiger partial charge in [-0.25, -0.2) is 4.98 Å². The molecule has 1 aromatic carbocycles. The molecule has 1 aliphatic heterocycles. The molecule has 0 aliphatic carbocycles. The Kier molecular flexibility index (Phi) is 5.83. The van der Waals surface area contributed by atoms with Gasteiger partial charge in [-0.05, 0) is 54.8 Å². The molecule has 7 nitrogen and oxygen atoms in total. The maximum Gasteiger partial charge on any atom is 0.295 e. The number of amides is 1. The Bertz CT molecular complexity index is 1530. The summed E-state index contributed by atoms with van der Waals surface area (Å²) < 4.78 is 1.84. The summed E-state index contributed by atoms with van der Waals surface area (Å²) in [5.74, 6) is -1.87. The lowest BCUT2D eigenvalue weighted by Gasteiger charge is -2.25. The van der Waals surface area contributed by atoms with E-state index in [1.807, 2.05) is 35.7 Å². The molecule has 4 aromatic rings. The van der Waals surface area contributed by atoms with Crippen molar-refractivity contribution < 1.29 is 14.7 Å². The van der Waals surface area contributed by atoms with E-state index in [1.54, 1.807) is 43.6 Å². The number of halogens is 2. The zero-order valence-electron chi connectivity index (χ0n) is 18.9. The number of hydrogen-bond donors (Lipinski definition) is 1. The predicted octanol–water partition coefficient (Wildman–Crippen LogP) is 5.27. The molecule has 0 spiro atoms. The minimum absolute atomic E-state index is 0.0542. The van der Waals surface area contributed by atoms with Crippen LogP contribution in [0.5, 0.6) is 0 Å². The van der Waals surface area contributed by atoms with Gasteiger partial charge in [0.05, 0.1) is 27.4 Å². The van der Waals surface area contributed by atoms with Gasteiger partial charge >= 0.3 is 0 Å². The second kappa shape index (κ2) is 8.83. The van der Waals surface area contributed by atoms with Crippen LogP contribution in [-0.2, 0) is 16.1 Å². The number of nitrogens with zero attached hydrogens (tertiary/aromatic N) is 4. The highest BCUT2D eigenvalue weighted by Crippen LogP contribution is 2.42. The largest absolute Gasteiger partial charge is 0.505 e. The zero-order chi connectivity index (χ0) is 24.9. The molecule has 5 rings (SSSR count). The van der Waals surface area contributed by atoms with Crippen LogP contribution in [0.3, 0.4) is 0 Å². The van der Waals surface area contributed by atoms with Crippen LogP contribution >= 0.6 is 23.2 Å². The third kappa shape index (κ3) is 3.87. The number of aryl methyl sites for hydroxylation is 2. The number of hydrogen-bond acceptors (Lipinski definition) is 5. The zero-order valence-corrected chi connectivity index (χ0v) is 20.4. The fourth-order valence-corrected chi connectivity index (χ4v) is 4.74. The molecule has 1 atom stereocenters. The van der Waals surface area contributed by atoms with E-state index in [9.17, 15) is 14.7 Å². The quantitative estimate of drug-likeness (QED) is 0.231. The molecular formula is C26H20Cl2N4O3. The summed E-state index contributed by atoms with van der Waals surface area (Å²) in [6, 6.07) is 11.4. The molecule has 1 aliphatic rings. The molecule has 1 N–H and O–H groups in total.